The Morgan fingerprint density at radius 3 is 2.84 bits per heavy atom. The summed E-state index contributed by atoms with van der Waals surface area (Å²) in [6.45, 7) is 6.88. The molecule has 0 bridgehead atoms. The van der Waals surface area contributed by atoms with Gasteiger partial charge in [-0.05, 0) is 54.9 Å². The molecule has 1 aliphatic heterocycles. The van der Waals surface area contributed by atoms with E-state index in [1.165, 1.54) is 41.6 Å². The first-order valence-electron chi connectivity index (χ1n) is 7.28. The van der Waals surface area contributed by atoms with Gasteiger partial charge in [0.05, 0.1) is 0 Å². The van der Waals surface area contributed by atoms with Crippen molar-refractivity contribution in [3.63, 3.8) is 0 Å². The Morgan fingerprint density at radius 2 is 2.05 bits per heavy atom. The zero-order chi connectivity index (χ0) is 13.1. The summed E-state index contributed by atoms with van der Waals surface area (Å²) in [4.78, 5) is 2.65. The number of nitrogens with zero attached hydrogens (tertiary/aromatic N) is 1. The first-order chi connectivity index (χ1) is 9.38. The van der Waals surface area contributed by atoms with Gasteiger partial charge in [-0.1, -0.05) is 25.1 Å². The maximum absolute atomic E-state index is 3.46. The number of fused-ring (bicyclic) bond motifs is 1. The maximum Gasteiger partial charge on any atom is 0.0346 e. The first-order valence-corrected chi connectivity index (χ1v) is 8.16. The molecule has 102 valence electrons. The minimum Gasteiger partial charge on any atom is -0.317 e. The van der Waals surface area contributed by atoms with Crippen molar-refractivity contribution in [3.8, 4) is 0 Å². The van der Waals surface area contributed by atoms with Crippen LogP contribution in [0.2, 0.25) is 0 Å². The Bertz CT molecular complexity index is 528. The zero-order valence-corrected chi connectivity index (χ0v) is 12.4. The van der Waals surface area contributed by atoms with E-state index in [0.29, 0.717) is 0 Å². The van der Waals surface area contributed by atoms with E-state index < -0.39 is 0 Å². The van der Waals surface area contributed by atoms with E-state index >= 15 is 0 Å². The van der Waals surface area contributed by atoms with Crippen molar-refractivity contribution in [3.05, 3.63) is 35.2 Å². The van der Waals surface area contributed by atoms with Crippen LogP contribution in [0.25, 0.3) is 10.1 Å². The molecule has 0 saturated carbocycles. The number of hydrogen-bond donors (Lipinski definition) is 1. The fourth-order valence-corrected chi connectivity index (χ4v) is 4.00. The molecule has 0 unspecified atom stereocenters. The average Bonchev–Trinajstić information content (AvgIpc) is 2.89. The van der Waals surface area contributed by atoms with Gasteiger partial charge in [0.15, 0.2) is 0 Å². The van der Waals surface area contributed by atoms with E-state index in [4.69, 9.17) is 0 Å². The Balaban J connectivity index is 1.78. The highest BCUT2D eigenvalue weighted by molar-refractivity contribution is 7.17. The minimum absolute atomic E-state index is 0.755. The van der Waals surface area contributed by atoms with Crippen LogP contribution in [0.5, 0.6) is 0 Å². The predicted molar refractivity (Wildman–Crippen MR) is 83.8 cm³/mol. The monoisotopic (exact) mass is 274 g/mol. The van der Waals surface area contributed by atoms with Crippen molar-refractivity contribution in [2.75, 3.05) is 19.6 Å². The summed E-state index contributed by atoms with van der Waals surface area (Å²) in [5.41, 5.74) is 1.50. The van der Waals surface area contributed by atoms with Crippen LogP contribution in [0.3, 0.4) is 0 Å². The molecule has 2 aromatic rings. The van der Waals surface area contributed by atoms with Gasteiger partial charge in [0, 0.05) is 17.3 Å². The molecule has 0 aliphatic carbocycles. The van der Waals surface area contributed by atoms with Gasteiger partial charge in [0.2, 0.25) is 0 Å². The lowest BCUT2D eigenvalue weighted by Gasteiger charge is -2.33. The summed E-state index contributed by atoms with van der Waals surface area (Å²) in [7, 11) is 0. The van der Waals surface area contributed by atoms with Crippen LogP contribution < -0.4 is 5.32 Å². The van der Waals surface area contributed by atoms with Crippen LogP contribution in [-0.2, 0) is 6.54 Å². The average molecular weight is 274 g/mol. The molecule has 0 atom stereocenters. The smallest absolute Gasteiger partial charge is 0.0346 e. The van der Waals surface area contributed by atoms with Gasteiger partial charge in [-0.15, -0.1) is 11.3 Å². The quantitative estimate of drug-likeness (QED) is 0.918. The highest BCUT2D eigenvalue weighted by atomic mass is 32.1. The second-order valence-electron chi connectivity index (χ2n) is 5.30. The number of hydrogen-bond acceptors (Lipinski definition) is 3. The van der Waals surface area contributed by atoms with Gasteiger partial charge in [0.25, 0.3) is 0 Å². The Morgan fingerprint density at radius 1 is 1.26 bits per heavy atom. The van der Waals surface area contributed by atoms with E-state index in [1.807, 2.05) is 11.3 Å². The Labute approximate surface area is 119 Å². The van der Waals surface area contributed by atoms with Gasteiger partial charge < -0.3 is 5.32 Å². The molecular formula is C16H22N2S. The number of piperidine rings is 1. The largest absolute Gasteiger partial charge is 0.317 e. The van der Waals surface area contributed by atoms with Gasteiger partial charge in [0.1, 0.15) is 0 Å². The second-order valence-corrected chi connectivity index (χ2v) is 6.21. The Kier molecular flexibility index (Phi) is 4.16. The molecule has 1 aromatic carbocycles. The van der Waals surface area contributed by atoms with E-state index in [0.717, 1.165) is 19.1 Å². The van der Waals surface area contributed by atoms with Crippen molar-refractivity contribution >= 4 is 21.4 Å². The molecule has 2 heterocycles. The molecule has 0 amide bonds. The lowest BCUT2D eigenvalue weighted by molar-refractivity contribution is 0.163. The molecule has 0 radical (unpaired) electrons. The lowest BCUT2D eigenvalue weighted by atomic mass is 10.0. The fourth-order valence-electron chi connectivity index (χ4n) is 3.04. The minimum atomic E-state index is 0.755. The highest BCUT2D eigenvalue weighted by Gasteiger charge is 2.20. The van der Waals surface area contributed by atoms with E-state index in [-0.39, 0.29) is 0 Å². The summed E-state index contributed by atoms with van der Waals surface area (Å²) in [6.07, 6.45) is 2.58. The van der Waals surface area contributed by atoms with Crippen molar-refractivity contribution in [1.29, 1.82) is 0 Å². The van der Waals surface area contributed by atoms with Crippen LogP contribution in [0.15, 0.2) is 29.6 Å². The van der Waals surface area contributed by atoms with Gasteiger partial charge in [-0.25, -0.2) is 0 Å². The number of thiophene rings is 1. The molecule has 19 heavy (non-hydrogen) atoms. The van der Waals surface area contributed by atoms with Crippen LogP contribution in [0.1, 0.15) is 25.3 Å². The molecular weight excluding hydrogens is 252 g/mol. The summed E-state index contributed by atoms with van der Waals surface area (Å²) in [6, 6.07) is 9.53. The third kappa shape index (κ3) is 2.83. The molecule has 1 saturated heterocycles. The SMILES string of the molecule is CCN(Cc1csc2ccccc12)C1CCNCC1. The molecule has 1 aliphatic rings. The normalized spacial score (nSPS) is 17.4. The molecule has 3 heteroatoms. The lowest BCUT2D eigenvalue weighted by Crippen LogP contribution is -2.42. The molecule has 1 fully saturated rings. The molecule has 1 N–H and O–H groups in total. The third-order valence-corrected chi connectivity index (χ3v) is 5.18. The second kappa shape index (κ2) is 6.04. The topological polar surface area (TPSA) is 15.3 Å². The molecule has 2 nitrogen and oxygen atoms in total. The summed E-state index contributed by atoms with van der Waals surface area (Å²) < 4.78 is 1.42. The summed E-state index contributed by atoms with van der Waals surface area (Å²) in [5.74, 6) is 0. The molecule has 3 rings (SSSR count). The van der Waals surface area contributed by atoms with Crippen molar-refractivity contribution in [2.45, 2.75) is 32.4 Å². The van der Waals surface area contributed by atoms with Crippen molar-refractivity contribution in [2.24, 2.45) is 0 Å². The number of rotatable bonds is 4. The van der Waals surface area contributed by atoms with E-state index in [1.54, 1.807) is 0 Å². The van der Waals surface area contributed by atoms with Crippen LogP contribution >= 0.6 is 11.3 Å². The standard InChI is InChI=1S/C16H22N2S/c1-2-18(14-7-9-17-10-8-14)11-13-12-19-16-6-4-3-5-15(13)16/h3-6,12,14,17H,2,7-11H2,1H3. The van der Waals surface area contributed by atoms with Crippen molar-refractivity contribution < 1.29 is 0 Å². The van der Waals surface area contributed by atoms with E-state index in [9.17, 15) is 0 Å². The van der Waals surface area contributed by atoms with Crippen molar-refractivity contribution in [1.82, 2.24) is 10.2 Å². The third-order valence-electron chi connectivity index (χ3n) is 4.17. The molecule has 1 aromatic heterocycles. The van der Waals surface area contributed by atoms with Gasteiger partial charge in [-0.3, -0.25) is 4.90 Å². The number of benzene rings is 1. The maximum atomic E-state index is 3.46. The summed E-state index contributed by atoms with van der Waals surface area (Å²) in [5, 5.41) is 7.24. The van der Waals surface area contributed by atoms with Gasteiger partial charge in [-0.2, -0.15) is 0 Å². The van der Waals surface area contributed by atoms with Crippen LogP contribution in [-0.4, -0.2) is 30.6 Å². The summed E-state index contributed by atoms with van der Waals surface area (Å²) >= 11 is 1.87. The predicted octanol–water partition coefficient (Wildman–Crippen LogP) is 3.48. The van der Waals surface area contributed by atoms with E-state index in [2.05, 4.69) is 46.8 Å². The molecule has 0 spiro atoms. The fraction of sp³-hybridized carbons (Fsp3) is 0.500. The Hall–Kier alpha value is -0.900. The van der Waals surface area contributed by atoms with Crippen LogP contribution in [0, 0.1) is 0 Å². The zero-order valence-electron chi connectivity index (χ0n) is 11.6. The van der Waals surface area contributed by atoms with Gasteiger partial charge >= 0.3 is 0 Å². The highest BCUT2D eigenvalue weighted by Crippen LogP contribution is 2.27. The van der Waals surface area contributed by atoms with Crippen LogP contribution in [0.4, 0.5) is 0 Å². The number of nitrogens with one attached hydrogen (secondary N) is 1. The first kappa shape index (κ1) is 13.1.